The van der Waals surface area contributed by atoms with E-state index in [9.17, 15) is 13.2 Å². The predicted molar refractivity (Wildman–Crippen MR) is 96.1 cm³/mol. The molecule has 0 bridgehead atoms. The summed E-state index contributed by atoms with van der Waals surface area (Å²) >= 11 is 7.46. The zero-order valence-corrected chi connectivity index (χ0v) is 15.2. The number of nitrogens with zero attached hydrogens (tertiary/aromatic N) is 1. The summed E-state index contributed by atoms with van der Waals surface area (Å²) < 4.78 is 28.0. The number of carbonyl (C=O) groups excluding carboxylic acids is 1. The first-order chi connectivity index (χ1) is 11.4. The third kappa shape index (κ3) is 4.40. The van der Waals surface area contributed by atoms with Crippen LogP contribution in [-0.4, -0.2) is 41.9 Å². The Bertz CT molecular complexity index is 870. The van der Waals surface area contributed by atoms with Gasteiger partial charge in [-0.2, -0.15) is 0 Å². The highest BCUT2D eigenvalue weighted by molar-refractivity contribution is 8.02. The zero-order valence-electron chi connectivity index (χ0n) is 12.8. The number of pyridine rings is 1. The second-order valence-electron chi connectivity index (χ2n) is 5.63. The molecule has 1 atom stereocenters. The van der Waals surface area contributed by atoms with Gasteiger partial charge < -0.3 is 4.74 Å². The van der Waals surface area contributed by atoms with E-state index in [1.807, 2.05) is 30.3 Å². The third-order valence-electron chi connectivity index (χ3n) is 3.77. The molecule has 0 N–H and O–H groups in total. The summed E-state index contributed by atoms with van der Waals surface area (Å²) in [6, 6.07) is 9.42. The van der Waals surface area contributed by atoms with E-state index in [0.717, 1.165) is 10.9 Å². The molecule has 0 saturated carbocycles. The molecule has 24 heavy (non-hydrogen) atoms. The Balaban J connectivity index is 1.54. The topological polar surface area (TPSA) is 73.3 Å². The van der Waals surface area contributed by atoms with E-state index < -0.39 is 9.84 Å². The summed E-state index contributed by atoms with van der Waals surface area (Å²) in [6.07, 6.45) is 0.598. The number of sulfone groups is 1. The molecule has 0 unspecified atom stereocenters. The molecular weight excluding hydrogens is 370 g/mol. The molecule has 2 aromatic rings. The fraction of sp³-hybridized carbons (Fsp3) is 0.375. The van der Waals surface area contributed by atoms with Gasteiger partial charge in [0.25, 0.3) is 0 Å². The van der Waals surface area contributed by atoms with Crippen molar-refractivity contribution in [3.8, 4) is 0 Å². The van der Waals surface area contributed by atoms with Gasteiger partial charge >= 0.3 is 5.97 Å². The highest BCUT2D eigenvalue weighted by Crippen LogP contribution is 2.25. The van der Waals surface area contributed by atoms with Crippen LogP contribution in [-0.2, 0) is 26.0 Å². The third-order valence-corrected chi connectivity index (χ3v) is 7.35. The van der Waals surface area contributed by atoms with Crippen molar-refractivity contribution in [2.24, 2.45) is 0 Å². The first-order valence-electron chi connectivity index (χ1n) is 7.45. The first-order valence-corrected chi connectivity index (χ1v) is 10.7. The molecule has 1 saturated heterocycles. The lowest BCUT2D eigenvalue weighted by Gasteiger charge is -2.09. The fourth-order valence-electron chi connectivity index (χ4n) is 2.52. The fourth-order valence-corrected chi connectivity index (χ4v) is 6.15. The van der Waals surface area contributed by atoms with Crippen molar-refractivity contribution in [1.29, 1.82) is 0 Å². The number of carbonyl (C=O) groups is 1. The van der Waals surface area contributed by atoms with E-state index in [2.05, 4.69) is 4.98 Å². The monoisotopic (exact) mass is 385 g/mol. The van der Waals surface area contributed by atoms with E-state index >= 15 is 0 Å². The van der Waals surface area contributed by atoms with E-state index in [1.54, 1.807) is 0 Å². The number of hydrogen-bond acceptors (Lipinski definition) is 6. The number of fused-ring (bicyclic) bond motifs is 1. The standard InChI is InChI=1S/C16H16ClNO4S2/c17-16-12(7-11-3-1-2-4-14(11)18-16)8-22-15(19)9-23-13-5-6-24(20,21)10-13/h1-4,7,13H,5-6,8-10H2/t13-/m1/s1. The summed E-state index contributed by atoms with van der Waals surface area (Å²) in [7, 11) is -2.92. The van der Waals surface area contributed by atoms with Crippen molar-refractivity contribution < 1.29 is 17.9 Å². The van der Waals surface area contributed by atoms with Gasteiger partial charge in [0.1, 0.15) is 11.8 Å². The molecule has 128 valence electrons. The average Bonchev–Trinajstić information content (AvgIpc) is 2.90. The average molecular weight is 386 g/mol. The van der Waals surface area contributed by atoms with E-state index in [-0.39, 0.29) is 35.1 Å². The van der Waals surface area contributed by atoms with Crippen LogP contribution < -0.4 is 0 Å². The number of thioether (sulfide) groups is 1. The predicted octanol–water partition coefficient (Wildman–Crippen LogP) is 2.85. The van der Waals surface area contributed by atoms with Crippen LogP contribution >= 0.6 is 23.4 Å². The van der Waals surface area contributed by atoms with Crippen molar-refractivity contribution >= 4 is 50.1 Å². The lowest BCUT2D eigenvalue weighted by atomic mass is 10.2. The van der Waals surface area contributed by atoms with Crippen molar-refractivity contribution in [3.63, 3.8) is 0 Å². The van der Waals surface area contributed by atoms with Crippen LogP contribution in [0.1, 0.15) is 12.0 Å². The molecule has 1 aliphatic rings. The smallest absolute Gasteiger partial charge is 0.316 e. The zero-order chi connectivity index (χ0) is 17.2. The number of esters is 1. The number of ether oxygens (including phenoxy) is 1. The molecular formula is C16H16ClNO4S2. The Kier molecular flexibility index (Phi) is 5.32. The summed E-state index contributed by atoms with van der Waals surface area (Å²) in [4.78, 5) is 16.1. The number of benzene rings is 1. The summed E-state index contributed by atoms with van der Waals surface area (Å²) in [5.74, 6) is 0.107. The molecule has 8 heteroatoms. The second-order valence-corrected chi connectivity index (χ2v) is 9.50. The van der Waals surface area contributed by atoms with Gasteiger partial charge in [-0.25, -0.2) is 13.4 Å². The van der Waals surface area contributed by atoms with Crippen molar-refractivity contribution in [1.82, 2.24) is 4.98 Å². The van der Waals surface area contributed by atoms with Gasteiger partial charge in [0.05, 0.1) is 22.8 Å². The molecule has 1 fully saturated rings. The van der Waals surface area contributed by atoms with E-state index in [0.29, 0.717) is 17.1 Å². The number of hydrogen-bond donors (Lipinski definition) is 0. The number of rotatable bonds is 5. The maximum absolute atomic E-state index is 11.9. The normalized spacial score (nSPS) is 19.5. The van der Waals surface area contributed by atoms with Crippen LogP contribution in [0.15, 0.2) is 30.3 Å². The molecule has 1 aliphatic heterocycles. The quantitative estimate of drug-likeness (QED) is 0.582. The van der Waals surface area contributed by atoms with Gasteiger partial charge in [0, 0.05) is 16.2 Å². The molecule has 2 heterocycles. The molecule has 0 spiro atoms. The lowest BCUT2D eigenvalue weighted by molar-refractivity contribution is -0.141. The van der Waals surface area contributed by atoms with E-state index in [4.69, 9.17) is 16.3 Å². The van der Waals surface area contributed by atoms with Gasteiger partial charge in [-0.3, -0.25) is 4.79 Å². The van der Waals surface area contributed by atoms with Crippen LogP contribution in [0.2, 0.25) is 5.15 Å². The summed E-state index contributed by atoms with van der Waals surface area (Å²) in [6.45, 7) is 0.0546. The minimum Gasteiger partial charge on any atom is -0.460 e. The van der Waals surface area contributed by atoms with Gasteiger partial charge in [0.15, 0.2) is 9.84 Å². The molecule has 5 nitrogen and oxygen atoms in total. The Morgan fingerprint density at radius 3 is 2.92 bits per heavy atom. The van der Waals surface area contributed by atoms with Crippen LogP contribution in [0, 0.1) is 0 Å². The van der Waals surface area contributed by atoms with Crippen LogP contribution in [0.3, 0.4) is 0 Å². The minimum absolute atomic E-state index is 0.0199. The lowest BCUT2D eigenvalue weighted by Crippen LogP contribution is -2.13. The highest BCUT2D eigenvalue weighted by Gasteiger charge is 2.28. The van der Waals surface area contributed by atoms with Crippen LogP contribution in [0.25, 0.3) is 10.9 Å². The Labute approximate surface area is 149 Å². The Morgan fingerprint density at radius 2 is 2.17 bits per heavy atom. The van der Waals surface area contributed by atoms with Gasteiger partial charge in [-0.05, 0) is 18.6 Å². The molecule has 1 aromatic heterocycles. The van der Waals surface area contributed by atoms with Crippen molar-refractivity contribution in [3.05, 3.63) is 41.0 Å². The maximum atomic E-state index is 11.9. The SMILES string of the molecule is O=C(CS[C@@H]1CCS(=O)(=O)C1)OCc1cc2ccccc2nc1Cl. The molecule has 0 radical (unpaired) electrons. The van der Waals surface area contributed by atoms with Crippen molar-refractivity contribution in [2.75, 3.05) is 17.3 Å². The summed E-state index contributed by atoms with van der Waals surface area (Å²) in [5.41, 5.74) is 1.44. The number of para-hydroxylation sites is 1. The molecule has 1 aromatic carbocycles. The highest BCUT2D eigenvalue weighted by atomic mass is 35.5. The Hall–Kier alpha value is -1.31. The van der Waals surface area contributed by atoms with Crippen LogP contribution in [0.4, 0.5) is 0 Å². The maximum Gasteiger partial charge on any atom is 0.316 e. The Morgan fingerprint density at radius 1 is 1.38 bits per heavy atom. The molecule has 0 amide bonds. The minimum atomic E-state index is -2.92. The second kappa shape index (κ2) is 7.29. The molecule has 0 aliphatic carbocycles. The number of halogens is 1. The van der Waals surface area contributed by atoms with Gasteiger partial charge in [0.2, 0.25) is 0 Å². The largest absolute Gasteiger partial charge is 0.460 e. The van der Waals surface area contributed by atoms with Gasteiger partial charge in [-0.1, -0.05) is 29.8 Å². The molecule has 3 rings (SSSR count). The van der Waals surface area contributed by atoms with Crippen molar-refractivity contribution in [2.45, 2.75) is 18.3 Å². The van der Waals surface area contributed by atoms with E-state index in [1.165, 1.54) is 11.8 Å². The first kappa shape index (κ1) is 17.5. The van der Waals surface area contributed by atoms with Gasteiger partial charge in [-0.15, -0.1) is 11.8 Å². The number of aromatic nitrogens is 1. The van der Waals surface area contributed by atoms with Crippen LogP contribution in [0.5, 0.6) is 0 Å². The summed E-state index contributed by atoms with van der Waals surface area (Å²) in [5, 5.41) is 1.22.